The molecule has 0 saturated heterocycles. The fourth-order valence-corrected chi connectivity index (χ4v) is 3.44. The van der Waals surface area contributed by atoms with E-state index in [1.807, 2.05) is 37.3 Å². The molecule has 1 unspecified atom stereocenters. The van der Waals surface area contributed by atoms with Crippen LogP contribution in [0.2, 0.25) is 0 Å². The third-order valence-electron chi connectivity index (χ3n) is 5.07. The zero-order valence-corrected chi connectivity index (χ0v) is 22.9. The Bertz CT molecular complexity index is 868. The van der Waals surface area contributed by atoms with E-state index in [-0.39, 0.29) is 30.0 Å². The number of rotatable bonds is 11. The van der Waals surface area contributed by atoms with Gasteiger partial charge in [0.2, 0.25) is 5.75 Å². The summed E-state index contributed by atoms with van der Waals surface area (Å²) in [6.07, 6.45) is 0. The van der Waals surface area contributed by atoms with Crippen LogP contribution in [-0.2, 0) is 6.54 Å². The van der Waals surface area contributed by atoms with Crippen LogP contribution in [0.5, 0.6) is 23.0 Å². The van der Waals surface area contributed by atoms with Gasteiger partial charge < -0.3 is 34.5 Å². The van der Waals surface area contributed by atoms with E-state index in [4.69, 9.17) is 23.9 Å². The van der Waals surface area contributed by atoms with E-state index < -0.39 is 0 Å². The fourth-order valence-electron chi connectivity index (χ4n) is 3.44. The molecule has 0 aliphatic carbocycles. The molecule has 0 aliphatic heterocycles. The number of halogens is 1. The lowest BCUT2D eigenvalue weighted by Gasteiger charge is -2.27. The molecule has 0 spiro atoms. The molecule has 0 saturated carbocycles. The van der Waals surface area contributed by atoms with Gasteiger partial charge in [0, 0.05) is 18.7 Å². The van der Waals surface area contributed by atoms with E-state index in [9.17, 15) is 0 Å². The van der Waals surface area contributed by atoms with Gasteiger partial charge >= 0.3 is 0 Å². The molecule has 0 radical (unpaired) electrons. The van der Waals surface area contributed by atoms with Gasteiger partial charge in [0.05, 0.1) is 41.0 Å². The number of nitrogens with one attached hydrogen (secondary N) is 2. The Morgan fingerprint density at radius 1 is 0.909 bits per heavy atom. The molecule has 1 atom stereocenters. The van der Waals surface area contributed by atoms with E-state index in [2.05, 4.69) is 35.7 Å². The molecular formula is C24H37IN4O4. The maximum absolute atomic E-state index is 5.56. The highest BCUT2D eigenvalue weighted by Gasteiger charge is 2.19. The summed E-state index contributed by atoms with van der Waals surface area (Å²) in [5, 5.41) is 6.77. The third kappa shape index (κ3) is 7.85. The van der Waals surface area contributed by atoms with Crippen LogP contribution in [-0.4, -0.2) is 66.5 Å². The van der Waals surface area contributed by atoms with Crippen molar-refractivity contribution in [3.8, 4) is 23.0 Å². The average Bonchev–Trinajstić information content (AvgIpc) is 2.81. The van der Waals surface area contributed by atoms with Crippen molar-refractivity contribution in [2.24, 2.45) is 4.99 Å². The van der Waals surface area contributed by atoms with Crippen molar-refractivity contribution in [3.05, 3.63) is 47.5 Å². The molecule has 2 rings (SSSR count). The third-order valence-corrected chi connectivity index (χ3v) is 5.07. The van der Waals surface area contributed by atoms with Gasteiger partial charge in [-0.1, -0.05) is 18.2 Å². The zero-order chi connectivity index (χ0) is 23.5. The highest BCUT2D eigenvalue weighted by Crippen LogP contribution is 2.38. The lowest BCUT2D eigenvalue weighted by atomic mass is 10.0. The van der Waals surface area contributed by atoms with Crippen LogP contribution in [0.4, 0.5) is 0 Å². The molecule has 9 heteroatoms. The van der Waals surface area contributed by atoms with Gasteiger partial charge in [0.25, 0.3) is 0 Å². The predicted octanol–water partition coefficient (Wildman–Crippen LogP) is 3.70. The summed E-state index contributed by atoms with van der Waals surface area (Å²) >= 11 is 0. The van der Waals surface area contributed by atoms with Crippen molar-refractivity contribution in [2.75, 3.05) is 55.6 Å². The lowest BCUT2D eigenvalue weighted by Crippen LogP contribution is -2.41. The molecular weight excluding hydrogens is 535 g/mol. The standard InChI is InChI=1S/C24H36N4O4.HI/c1-8-25-24(26-15-17-13-21(30-5)23(32-7)22(14-17)31-6)27-16-19(28(2)3)18-11-9-10-12-20(18)29-4;/h9-14,19H,8,15-16H2,1-7H3,(H2,25,26,27);1H. The average molecular weight is 572 g/mol. The second-order valence-electron chi connectivity index (χ2n) is 7.33. The number of guanidine groups is 1. The molecule has 0 amide bonds. The molecule has 2 N–H and O–H groups in total. The predicted molar refractivity (Wildman–Crippen MR) is 144 cm³/mol. The van der Waals surface area contributed by atoms with Gasteiger partial charge in [0.1, 0.15) is 5.75 Å². The monoisotopic (exact) mass is 572 g/mol. The van der Waals surface area contributed by atoms with Gasteiger partial charge in [-0.2, -0.15) is 0 Å². The van der Waals surface area contributed by atoms with Crippen LogP contribution >= 0.6 is 24.0 Å². The fraction of sp³-hybridized carbons (Fsp3) is 0.458. The highest BCUT2D eigenvalue weighted by atomic mass is 127. The number of methoxy groups -OCH3 is 4. The molecule has 0 bridgehead atoms. The van der Waals surface area contributed by atoms with Gasteiger partial charge in [-0.25, -0.2) is 4.99 Å². The van der Waals surface area contributed by atoms with E-state index in [0.29, 0.717) is 30.3 Å². The minimum Gasteiger partial charge on any atom is -0.496 e. The first kappa shape index (κ1) is 28.6. The SMILES string of the molecule is CCNC(=NCc1cc(OC)c(OC)c(OC)c1)NCC(c1ccccc1OC)N(C)C.I. The van der Waals surface area contributed by atoms with Crippen LogP contribution in [0.15, 0.2) is 41.4 Å². The minimum absolute atomic E-state index is 0. The number of benzene rings is 2. The van der Waals surface area contributed by atoms with E-state index >= 15 is 0 Å². The summed E-state index contributed by atoms with van der Waals surface area (Å²) < 4.78 is 21.9. The summed E-state index contributed by atoms with van der Waals surface area (Å²) in [7, 11) is 10.6. The van der Waals surface area contributed by atoms with E-state index in [0.717, 1.165) is 29.4 Å². The number of aliphatic imine (C=N–C) groups is 1. The second kappa shape index (κ2) is 14.7. The molecule has 184 valence electrons. The van der Waals surface area contributed by atoms with Gasteiger partial charge in [-0.3, -0.25) is 0 Å². The van der Waals surface area contributed by atoms with Crippen molar-refractivity contribution >= 4 is 29.9 Å². The number of ether oxygens (including phenoxy) is 4. The molecule has 0 aliphatic rings. The number of hydrogen-bond acceptors (Lipinski definition) is 6. The molecule has 0 fully saturated rings. The minimum atomic E-state index is 0. The number of nitrogens with zero attached hydrogens (tertiary/aromatic N) is 2. The van der Waals surface area contributed by atoms with Gasteiger partial charge in [-0.05, 0) is 44.8 Å². The van der Waals surface area contributed by atoms with Crippen molar-refractivity contribution in [1.82, 2.24) is 15.5 Å². The van der Waals surface area contributed by atoms with Crippen LogP contribution in [0, 0.1) is 0 Å². The van der Waals surface area contributed by atoms with Crippen molar-refractivity contribution < 1.29 is 18.9 Å². The van der Waals surface area contributed by atoms with Crippen LogP contribution < -0.4 is 29.6 Å². The highest BCUT2D eigenvalue weighted by molar-refractivity contribution is 14.0. The first-order valence-electron chi connectivity index (χ1n) is 10.6. The van der Waals surface area contributed by atoms with Crippen LogP contribution in [0.1, 0.15) is 24.1 Å². The topological polar surface area (TPSA) is 76.6 Å². The van der Waals surface area contributed by atoms with Crippen molar-refractivity contribution in [2.45, 2.75) is 19.5 Å². The molecule has 0 heterocycles. The molecule has 2 aromatic rings. The van der Waals surface area contributed by atoms with Crippen LogP contribution in [0.25, 0.3) is 0 Å². The lowest BCUT2D eigenvalue weighted by molar-refractivity contribution is 0.287. The molecule has 2 aromatic carbocycles. The first-order chi connectivity index (χ1) is 15.5. The van der Waals surface area contributed by atoms with Crippen molar-refractivity contribution in [3.63, 3.8) is 0 Å². The van der Waals surface area contributed by atoms with Gasteiger partial charge in [0.15, 0.2) is 17.5 Å². The molecule has 33 heavy (non-hydrogen) atoms. The Hall–Kier alpha value is -2.40. The Morgan fingerprint density at radius 3 is 2.03 bits per heavy atom. The van der Waals surface area contributed by atoms with E-state index in [1.54, 1.807) is 28.4 Å². The Morgan fingerprint density at radius 2 is 1.52 bits per heavy atom. The number of likely N-dealkylation sites (N-methyl/N-ethyl adjacent to an activating group) is 1. The quantitative estimate of drug-likeness (QED) is 0.242. The zero-order valence-electron chi connectivity index (χ0n) is 20.6. The van der Waals surface area contributed by atoms with Crippen molar-refractivity contribution in [1.29, 1.82) is 0 Å². The summed E-state index contributed by atoms with van der Waals surface area (Å²) in [6, 6.07) is 12.0. The number of hydrogen-bond donors (Lipinski definition) is 2. The Kier molecular flexibility index (Phi) is 12.7. The van der Waals surface area contributed by atoms with Crippen LogP contribution in [0.3, 0.4) is 0 Å². The maximum Gasteiger partial charge on any atom is 0.203 e. The maximum atomic E-state index is 5.56. The Balaban J connectivity index is 0.00000544. The smallest absolute Gasteiger partial charge is 0.203 e. The summed E-state index contributed by atoms with van der Waals surface area (Å²) in [4.78, 5) is 6.91. The van der Waals surface area contributed by atoms with E-state index in [1.165, 1.54) is 0 Å². The second-order valence-corrected chi connectivity index (χ2v) is 7.33. The Labute approximate surface area is 214 Å². The normalized spacial score (nSPS) is 11.9. The first-order valence-corrected chi connectivity index (χ1v) is 10.6. The van der Waals surface area contributed by atoms with Gasteiger partial charge in [-0.15, -0.1) is 24.0 Å². The molecule has 0 aromatic heterocycles. The summed E-state index contributed by atoms with van der Waals surface area (Å²) in [6.45, 7) is 3.91. The molecule has 8 nitrogen and oxygen atoms in total. The summed E-state index contributed by atoms with van der Waals surface area (Å²) in [5.74, 6) is 3.38. The summed E-state index contributed by atoms with van der Waals surface area (Å²) in [5.41, 5.74) is 2.07. The number of para-hydroxylation sites is 1. The largest absolute Gasteiger partial charge is 0.496 e.